The topological polar surface area (TPSA) is 102 Å². The highest BCUT2D eigenvalue weighted by Crippen LogP contribution is 2.12. The molecule has 0 aliphatic heterocycles. The normalized spacial score (nSPS) is 12.1. The van der Waals surface area contributed by atoms with Gasteiger partial charge >= 0.3 is 12.1 Å². The molecule has 0 aromatic heterocycles. The Morgan fingerprint density at radius 1 is 0.966 bits per heavy atom. The van der Waals surface area contributed by atoms with Crippen LogP contribution < -0.4 is 5.32 Å². The minimum atomic E-state index is -1.23. The van der Waals surface area contributed by atoms with Crippen molar-refractivity contribution >= 4 is 17.8 Å². The van der Waals surface area contributed by atoms with Crippen molar-refractivity contribution in [3.05, 3.63) is 71.3 Å². The summed E-state index contributed by atoms with van der Waals surface area (Å²) in [6.45, 7) is 4.97. The van der Waals surface area contributed by atoms with E-state index in [2.05, 4.69) is 5.32 Å². The fraction of sp³-hybridized carbons (Fsp3) is 0.318. The van der Waals surface area contributed by atoms with Gasteiger partial charge in [-0.25, -0.2) is 9.59 Å². The molecule has 0 heterocycles. The average molecular weight is 399 g/mol. The lowest BCUT2D eigenvalue weighted by atomic mass is 10.0. The molecule has 7 heteroatoms. The molecule has 2 rings (SSSR count). The van der Waals surface area contributed by atoms with E-state index < -0.39 is 23.7 Å². The van der Waals surface area contributed by atoms with E-state index in [1.54, 1.807) is 69.3 Å². The Labute approximate surface area is 169 Å². The van der Waals surface area contributed by atoms with E-state index in [1.807, 2.05) is 6.07 Å². The van der Waals surface area contributed by atoms with E-state index in [0.717, 1.165) is 5.56 Å². The van der Waals surface area contributed by atoms with Gasteiger partial charge in [-0.3, -0.25) is 4.79 Å². The van der Waals surface area contributed by atoms with Gasteiger partial charge in [0, 0.05) is 11.1 Å². The summed E-state index contributed by atoms with van der Waals surface area (Å²) in [5.74, 6) is -1.30. The van der Waals surface area contributed by atoms with E-state index in [1.165, 1.54) is 0 Å². The second-order valence-electron chi connectivity index (χ2n) is 7.44. The first-order valence-corrected chi connectivity index (χ1v) is 9.14. The number of hydrogen-bond acceptors (Lipinski definition) is 5. The van der Waals surface area contributed by atoms with Crippen LogP contribution in [0.4, 0.5) is 4.79 Å². The van der Waals surface area contributed by atoms with Gasteiger partial charge < -0.3 is 19.9 Å². The smallest absolute Gasteiger partial charge is 0.408 e. The van der Waals surface area contributed by atoms with E-state index in [4.69, 9.17) is 9.47 Å². The van der Waals surface area contributed by atoms with E-state index in [9.17, 15) is 19.5 Å². The Balaban J connectivity index is 1.87. The zero-order valence-electron chi connectivity index (χ0n) is 16.7. The number of nitrogens with one attached hydrogen (secondary N) is 1. The number of aliphatic carboxylic acids is 1. The maximum Gasteiger partial charge on any atom is 0.408 e. The molecule has 0 saturated carbocycles. The fourth-order valence-electron chi connectivity index (χ4n) is 2.43. The highest BCUT2D eigenvalue weighted by molar-refractivity contribution is 6.08. The fourth-order valence-corrected chi connectivity index (χ4v) is 2.43. The Bertz CT molecular complexity index is 840. The molecule has 2 aromatic carbocycles. The molecular formula is C22H25NO6. The molecule has 7 nitrogen and oxygen atoms in total. The lowest BCUT2D eigenvalue weighted by Crippen LogP contribution is -2.46. The van der Waals surface area contributed by atoms with Crippen molar-refractivity contribution < 1.29 is 29.0 Å². The predicted octanol–water partition coefficient (Wildman–Crippen LogP) is 3.41. The van der Waals surface area contributed by atoms with E-state index in [-0.39, 0.29) is 19.0 Å². The number of carboxylic acids is 1. The molecule has 0 aliphatic rings. The first-order chi connectivity index (χ1) is 13.7. The minimum Gasteiger partial charge on any atom is -0.480 e. The Morgan fingerprint density at radius 3 is 2.10 bits per heavy atom. The van der Waals surface area contributed by atoms with Gasteiger partial charge in [0.1, 0.15) is 5.60 Å². The van der Waals surface area contributed by atoms with Crippen LogP contribution in [0, 0.1) is 0 Å². The molecule has 0 radical (unpaired) electrons. The number of carbonyl (C=O) groups excluding carboxylic acids is 2. The lowest BCUT2D eigenvalue weighted by molar-refractivity contribution is -0.141. The van der Waals surface area contributed by atoms with Gasteiger partial charge in [-0.2, -0.15) is 0 Å². The molecule has 2 aromatic rings. The van der Waals surface area contributed by atoms with Crippen LogP contribution in [0.15, 0.2) is 54.6 Å². The molecule has 0 saturated heterocycles. The molecule has 0 spiro atoms. The zero-order chi connectivity index (χ0) is 21.4. The van der Waals surface area contributed by atoms with Crippen molar-refractivity contribution in [2.75, 3.05) is 6.61 Å². The molecule has 2 N–H and O–H groups in total. The summed E-state index contributed by atoms with van der Waals surface area (Å²) in [6.07, 6.45) is -0.822. The third-order valence-electron chi connectivity index (χ3n) is 3.79. The van der Waals surface area contributed by atoms with Gasteiger partial charge in [-0.05, 0) is 26.3 Å². The van der Waals surface area contributed by atoms with Crippen molar-refractivity contribution in [2.24, 2.45) is 0 Å². The molecule has 154 valence electrons. The number of alkyl carbamates (subject to hydrolysis) is 1. The van der Waals surface area contributed by atoms with Crippen molar-refractivity contribution in [2.45, 2.75) is 39.0 Å². The van der Waals surface area contributed by atoms with Crippen LogP contribution in [0.5, 0.6) is 0 Å². The average Bonchev–Trinajstić information content (AvgIpc) is 2.66. The van der Waals surface area contributed by atoms with Gasteiger partial charge in [-0.1, -0.05) is 54.6 Å². The molecule has 0 fully saturated rings. The van der Waals surface area contributed by atoms with Crippen LogP contribution in [0.3, 0.4) is 0 Å². The summed E-state index contributed by atoms with van der Waals surface area (Å²) in [5.41, 5.74) is 1.20. The summed E-state index contributed by atoms with van der Waals surface area (Å²) in [5, 5.41) is 11.5. The number of rotatable bonds is 8. The minimum absolute atomic E-state index is 0.0782. The number of hydrogen-bond donors (Lipinski definition) is 2. The van der Waals surface area contributed by atoms with Crippen LogP contribution in [0.2, 0.25) is 0 Å². The van der Waals surface area contributed by atoms with E-state index >= 15 is 0 Å². The largest absolute Gasteiger partial charge is 0.480 e. The highest BCUT2D eigenvalue weighted by atomic mass is 16.6. The second-order valence-corrected chi connectivity index (χ2v) is 7.44. The van der Waals surface area contributed by atoms with Crippen LogP contribution in [0.25, 0.3) is 0 Å². The maximum atomic E-state index is 12.4. The highest BCUT2D eigenvalue weighted by Gasteiger charge is 2.24. The summed E-state index contributed by atoms with van der Waals surface area (Å²) >= 11 is 0. The van der Waals surface area contributed by atoms with Gasteiger partial charge in [-0.15, -0.1) is 0 Å². The number of amides is 1. The van der Waals surface area contributed by atoms with Crippen molar-refractivity contribution in [1.82, 2.24) is 5.32 Å². The molecule has 1 atom stereocenters. The third kappa shape index (κ3) is 7.38. The number of ketones is 1. The quantitative estimate of drug-likeness (QED) is 0.660. The van der Waals surface area contributed by atoms with Gasteiger partial charge in [0.05, 0.1) is 13.2 Å². The zero-order valence-corrected chi connectivity index (χ0v) is 16.7. The first-order valence-electron chi connectivity index (χ1n) is 9.14. The predicted molar refractivity (Wildman–Crippen MR) is 107 cm³/mol. The van der Waals surface area contributed by atoms with Crippen LogP contribution in [-0.4, -0.2) is 41.2 Å². The van der Waals surface area contributed by atoms with Crippen LogP contribution in [-0.2, 0) is 20.9 Å². The van der Waals surface area contributed by atoms with Crippen molar-refractivity contribution in [3.63, 3.8) is 0 Å². The Morgan fingerprint density at radius 2 is 1.55 bits per heavy atom. The van der Waals surface area contributed by atoms with Crippen LogP contribution in [0.1, 0.15) is 42.3 Å². The van der Waals surface area contributed by atoms with Gasteiger partial charge in [0.2, 0.25) is 0 Å². The molecule has 0 bridgehead atoms. The van der Waals surface area contributed by atoms with Gasteiger partial charge in [0.15, 0.2) is 11.8 Å². The maximum absolute atomic E-state index is 12.4. The molecule has 29 heavy (non-hydrogen) atoms. The van der Waals surface area contributed by atoms with E-state index in [0.29, 0.717) is 11.1 Å². The number of carbonyl (C=O) groups is 3. The molecular weight excluding hydrogens is 374 g/mol. The first kappa shape index (κ1) is 22.1. The number of carboxylic acid groups (broad SMARTS) is 1. The molecule has 1 unspecified atom stereocenters. The van der Waals surface area contributed by atoms with Crippen molar-refractivity contribution in [3.8, 4) is 0 Å². The molecule has 0 aliphatic carbocycles. The SMILES string of the molecule is CC(C)(C)OC(=O)NC(COCc1ccc(C(=O)c2ccccc2)cc1)C(=O)O. The monoisotopic (exact) mass is 399 g/mol. The Kier molecular flexibility index (Phi) is 7.50. The number of benzene rings is 2. The summed E-state index contributed by atoms with van der Waals surface area (Å²) in [7, 11) is 0. The summed E-state index contributed by atoms with van der Waals surface area (Å²) in [6, 6.07) is 14.6. The van der Waals surface area contributed by atoms with Gasteiger partial charge in [0.25, 0.3) is 0 Å². The second kappa shape index (κ2) is 9.84. The standard InChI is InChI=1S/C22H25NO6/c1-22(2,3)29-21(27)23-18(20(25)26)14-28-13-15-9-11-17(12-10-15)19(24)16-7-5-4-6-8-16/h4-12,18H,13-14H2,1-3H3,(H,23,27)(H,25,26). The lowest BCUT2D eigenvalue weighted by Gasteiger charge is -2.22. The Hall–Kier alpha value is -3.19. The molecule has 1 amide bonds. The third-order valence-corrected chi connectivity index (χ3v) is 3.79. The summed E-state index contributed by atoms with van der Waals surface area (Å²) < 4.78 is 10.5. The van der Waals surface area contributed by atoms with Crippen LogP contribution >= 0.6 is 0 Å². The number of ether oxygens (including phenoxy) is 2. The summed E-state index contributed by atoms with van der Waals surface area (Å²) in [4.78, 5) is 35.4. The van der Waals surface area contributed by atoms with Crippen molar-refractivity contribution in [1.29, 1.82) is 0 Å².